The first-order valence-corrected chi connectivity index (χ1v) is 5.62. The first-order chi connectivity index (χ1) is 6.88. The molecule has 0 radical (unpaired) electrons. The molecule has 0 unspecified atom stereocenters. The van der Waals surface area contributed by atoms with Crippen LogP contribution in [0.1, 0.15) is 25.2 Å². The minimum Gasteiger partial charge on any atom is -0.340 e. The maximum Gasteiger partial charge on any atom is 0.126 e. The van der Waals surface area contributed by atoms with Gasteiger partial charge in [0.15, 0.2) is 0 Å². The highest BCUT2D eigenvalue weighted by Gasteiger charge is 2.19. The van der Waals surface area contributed by atoms with Gasteiger partial charge in [-0.15, -0.1) is 0 Å². The Balaban J connectivity index is 2.71. The molecule has 15 heavy (non-hydrogen) atoms. The fourth-order valence-electron chi connectivity index (χ4n) is 1.55. The zero-order valence-corrected chi connectivity index (χ0v) is 10.6. The van der Waals surface area contributed by atoms with Gasteiger partial charge in [0.05, 0.1) is 16.6 Å². The molecular weight excluding hydrogens is 254 g/mol. The minimum atomic E-state index is -0.433. The van der Waals surface area contributed by atoms with Gasteiger partial charge in [-0.2, -0.15) is 0 Å². The Bertz CT molecular complexity index is 508. The van der Waals surface area contributed by atoms with Crippen LogP contribution in [0.5, 0.6) is 0 Å². The molecule has 0 saturated carbocycles. The van der Waals surface area contributed by atoms with Gasteiger partial charge in [-0.3, -0.25) is 0 Å². The molecule has 0 amide bonds. The number of H-pyrrole nitrogens is 1. The number of rotatable bonds is 1. The molecule has 3 nitrogen and oxygen atoms in total. The van der Waals surface area contributed by atoms with E-state index in [9.17, 15) is 0 Å². The van der Waals surface area contributed by atoms with Crippen LogP contribution in [-0.4, -0.2) is 9.97 Å². The van der Waals surface area contributed by atoms with E-state index < -0.39 is 5.54 Å². The van der Waals surface area contributed by atoms with Crippen molar-refractivity contribution in [1.29, 1.82) is 0 Å². The number of aromatic nitrogens is 2. The maximum atomic E-state index is 6.00. The Morgan fingerprint density at radius 2 is 2.07 bits per heavy atom. The highest BCUT2D eigenvalue weighted by atomic mass is 79.9. The van der Waals surface area contributed by atoms with Crippen molar-refractivity contribution in [2.24, 2.45) is 5.73 Å². The molecule has 2 aromatic rings. The van der Waals surface area contributed by atoms with Crippen LogP contribution in [0.2, 0.25) is 0 Å². The van der Waals surface area contributed by atoms with Crippen molar-refractivity contribution in [3.63, 3.8) is 0 Å². The summed E-state index contributed by atoms with van der Waals surface area (Å²) in [5.41, 5.74) is 8.73. The zero-order valence-electron chi connectivity index (χ0n) is 9.06. The molecule has 0 saturated heterocycles. The average Bonchev–Trinajstić information content (AvgIpc) is 2.46. The molecule has 1 heterocycles. The van der Waals surface area contributed by atoms with Gasteiger partial charge in [-0.25, -0.2) is 4.98 Å². The molecule has 0 aliphatic carbocycles. The number of hydrogen-bond acceptors (Lipinski definition) is 2. The number of hydrogen-bond donors (Lipinski definition) is 2. The predicted molar refractivity (Wildman–Crippen MR) is 65.7 cm³/mol. The fraction of sp³-hybridized carbons (Fsp3) is 0.364. The van der Waals surface area contributed by atoms with Crippen LogP contribution in [0.15, 0.2) is 16.6 Å². The lowest BCUT2D eigenvalue weighted by Crippen LogP contribution is -2.30. The van der Waals surface area contributed by atoms with E-state index in [0.717, 1.165) is 26.9 Å². The maximum absolute atomic E-state index is 6.00. The molecule has 80 valence electrons. The van der Waals surface area contributed by atoms with Gasteiger partial charge in [-0.1, -0.05) is 15.9 Å². The fourth-order valence-corrected chi connectivity index (χ4v) is 2.12. The Morgan fingerprint density at radius 3 is 2.67 bits per heavy atom. The van der Waals surface area contributed by atoms with Crippen LogP contribution >= 0.6 is 15.9 Å². The van der Waals surface area contributed by atoms with Crippen molar-refractivity contribution in [1.82, 2.24) is 9.97 Å². The number of halogens is 1. The number of benzene rings is 1. The zero-order chi connectivity index (χ0) is 11.2. The van der Waals surface area contributed by atoms with Crippen LogP contribution in [0, 0.1) is 6.92 Å². The average molecular weight is 268 g/mol. The van der Waals surface area contributed by atoms with E-state index >= 15 is 0 Å². The Hall–Kier alpha value is -0.870. The van der Waals surface area contributed by atoms with E-state index in [2.05, 4.69) is 32.0 Å². The van der Waals surface area contributed by atoms with E-state index in [1.165, 1.54) is 0 Å². The summed E-state index contributed by atoms with van der Waals surface area (Å²) >= 11 is 3.46. The summed E-state index contributed by atoms with van der Waals surface area (Å²) in [6.45, 7) is 5.92. The molecule has 4 heteroatoms. The van der Waals surface area contributed by atoms with Crippen molar-refractivity contribution in [2.45, 2.75) is 26.3 Å². The largest absolute Gasteiger partial charge is 0.340 e. The third-order valence-electron chi connectivity index (χ3n) is 2.35. The molecule has 0 aliphatic heterocycles. The topological polar surface area (TPSA) is 54.7 Å². The van der Waals surface area contributed by atoms with Crippen LogP contribution in [0.3, 0.4) is 0 Å². The summed E-state index contributed by atoms with van der Waals surface area (Å²) < 4.78 is 1.05. The Kier molecular flexibility index (Phi) is 2.35. The second-order valence-corrected chi connectivity index (χ2v) is 5.34. The standard InChI is InChI=1S/C11H14BrN3/c1-6-4-7(12)5-8-9(6)15-10(14-8)11(2,3)13/h4-5H,13H2,1-3H3,(H,14,15). The molecular formula is C11H14BrN3. The number of imidazole rings is 1. The first-order valence-electron chi connectivity index (χ1n) is 4.83. The Morgan fingerprint density at radius 1 is 1.40 bits per heavy atom. The van der Waals surface area contributed by atoms with Gasteiger partial charge in [0.1, 0.15) is 5.82 Å². The molecule has 0 aliphatic rings. The lowest BCUT2D eigenvalue weighted by molar-refractivity contribution is 0.522. The van der Waals surface area contributed by atoms with Gasteiger partial charge in [0, 0.05) is 4.47 Å². The quantitative estimate of drug-likeness (QED) is 0.835. The Labute approximate surface area is 97.2 Å². The first kappa shape index (κ1) is 10.6. The van der Waals surface area contributed by atoms with Crippen molar-refractivity contribution in [2.75, 3.05) is 0 Å². The van der Waals surface area contributed by atoms with E-state index in [0.29, 0.717) is 0 Å². The predicted octanol–water partition coefficient (Wildman–Crippen LogP) is 2.83. The van der Waals surface area contributed by atoms with Crippen molar-refractivity contribution in [3.05, 3.63) is 28.0 Å². The van der Waals surface area contributed by atoms with Crippen LogP contribution in [-0.2, 0) is 5.54 Å². The SMILES string of the molecule is Cc1cc(Br)cc2[nH]c(C(C)(C)N)nc12. The summed E-state index contributed by atoms with van der Waals surface area (Å²) in [6, 6.07) is 4.07. The molecule has 1 aromatic heterocycles. The van der Waals surface area contributed by atoms with Crippen LogP contribution in [0.25, 0.3) is 11.0 Å². The molecule has 1 aromatic carbocycles. The summed E-state index contributed by atoms with van der Waals surface area (Å²) in [6.07, 6.45) is 0. The van der Waals surface area contributed by atoms with Gasteiger partial charge >= 0.3 is 0 Å². The molecule has 2 rings (SSSR count). The summed E-state index contributed by atoms with van der Waals surface area (Å²) in [7, 11) is 0. The molecule has 0 bridgehead atoms. The summed E-state index contributed by atoms with van der Waals surface area (Å²) in [5, 5.41) is 0. The second-order valence-electron chi connectivity index (χ2n) is 4.43. The van der Waals surface area contributed by atoms with Gasteiger partial charge in [0.25, 0.3) is 0 Å². The van der Waals surface area contributed by atoms with Crippen molar-refractivity contribution in [3.8, 4) is 0 Å². The number of aryl methyl sites for hydroxylation is 1. The molecule has 3 N–H and O–H groups in total. The van der Waals surface area contributed by atoms with Crippen LogP contribution in [0.4, 0.5) is 0 Å². The number of fused-ring (bicyclic) bond motifs is 1. The number of nitrogens with zero attached hydrogens (tertiary/aromatic N) is 1. The van der Waals surface area contributed by atoms with Gasteiger partial charge < -0.3 is 10.7 Å². The van der Waals surface area contributed by atoms with E-state index in [-0.39, 0.29) is 0 Å². The summed E-state index contributed by atoms with van der Waals surface area (Å²) in [5.74, 6) is 0.818. The highest BCUT2D eigenvalue weighted by Crippen LogP contribution is 2.24. The molecule has 0 spiro atoms. The van der Waals surface area contributed by atoms with E-state index in [1.54, 1.807) is 0 Å². The monoisotopic (exact) mass is 267 g/mol. The minimum absolute atomic E-state index is 0.433. The lowest BCUT2D eigenvalue weighted by atomic mass is 10.1. The smallest absolute Gasteiger partial charge is 0.126 e. The third-order valence-corrected chi connectivity index (χ3v) is 2.81. The summed E-state index contributed by atoms with van der Waals surface area (Å²) in [4.78, 5) is 7.77. The van der Waals surface area contributed by atoms with Crippen molar-refractivity contribution < 1.29 is 0 Å². The van der Waals surface area contributed by atoms with E-state index in [1.807, 2.05) is 26.8 Å². The number of aromatic amines is 1. The molecule has 0 fully saturated rings. The van der Waals surface area contributed by atoms with Gasteiger partial charge in [0.2, 0.25) is 0 Å². The highest BCUT2D eigenvalue weighted by molar-refractivity contribution is 9.10. The van der Waals surface area contributed by atoms with Crippen LogP contribution < -0.4 is 5.73 Å². The normalized spacial score (nSPS) is 12.3. The lowest BCUT2D eigenvalue weighted by Gasteiger charge is -2.14. The number of nitrogens with one attached hydrogen (secondary N) is 1. The number of nitrogens with two attached hydrogens (primary N) is 1. The van der Waals surface area contributed by atoms with Crippen molar-refractivity contribution >= 4 is 27.0 Å². The third kappa shape index (κ3) is 1.92. The molecule has 0 atom stereocenters. The van der Waals surface area contributed by atoms with E-state index in [4.69, 9.17) is 5.73 Å². The second kappa shape index (κ2) is 3.32. The van der Waals surface area contributed by atoms with Gasteiger partial charge in [-0.05, 0) is 38.5 Å².